The number of benzene rings is 2. The van der Waals surface area contributed by atoms with E-state index in [1.54, 1.807) is 39.5 Å². The summed E-state index contributed by atoms with van der Waals surface area (Å²) in [5, 5.41) is 4.17. The normalized spacial score (nSPS) is 18.2. The van der Waals surface area contributed by atoms with Gasteiger partial charge in [0.05, 0.1) is 33.5 Å². The van der Waals surface area contributed by atoms with Crippen molar-refractivity contribution in [2.45, 2.75) is 32.1 Å². The van der Waals surface area contributed by atoms with E-state index in [2.05, 4.69) is 39.8 Å². The second kappa shape index (κ2) is 8.87. The summed E-state index contributed by atoms with van der Waals surface area (Å²) in [4.78, 5) is 12.8. The molecule has 2 unspecified atom stereocenters. The average Bonchev–Trinajstić information content (AvgIpc) is 3.41. The number of methoxy groups -OCH3 is 3. The number of hydrogen-bond donors (Lipinski definition) is 3. The SMILES string of the molecule is CCn1c(C2CC(NC(=O)c3ccc(OC)c(OC)c3)NN2)cc2cc(OC)ccc21. The van der Waals surface area contributed by atoms with Crippen molar-refractivity contribution in [3.05, 3.63) is 53.7 Å². The van der Waals surface area contributed by atoms with Crippen LogP contribution in [0, 0.1) is 0 Å². The zero-order chi connectivity index (χ0) is 22.0. The second-order valence-electron chi connectivity index (χ2n) is 7.41. The van der Waals surface area contributed by atoms with E-state index in [-0.39, 0.29) is 18.1 Å². The lowest BCUT2D eigenvalue weighted by atomic mass is 10.1. The molecule has 1 saturated heterocycles. The van der Waals surface area contributed by atoms with Crippen molar-refractivity contribution in [2.24, 2.45) is 0 Å². The summed E-state index contributed by atoms with van der Waals surface area (Å²) < 4.78 is 18.2. The number of fused-ring (bicyclic) bond motifs is 1. The largest absolute Gasteiger partial charge is 0.497 e. The number of rotatable bonds is 7. The van der Waals surface area contributed by atoms with Gasteiger partial charge in [-0.15, -0.1) is 0 Å². The maximum atomic E-state index is 12.8. The Hall–Kier alpha value is -3.23. The molecule has 1 amide bonds. The third kappa shape index (κ3) is 4.04. The van der Waals surface area contributed by atoms with Crippen molar-refractivity contribution in [3.8, 4) is 17.2 Å². The quantitative estimate of drug-likeness (QED) is 0.541. The van der Waals surface area contributed by atoms with Gasteiger partial charge in [0.1, 0.15) is 5.75 Å². The Balaban J connectivity index is 1.49. The zero-order valence-electron chi connectivity index (χ0n) is 18.2. The van der Waals surface area contributed by atoms with Gasteiger partial charge in [-0.2, -0.15) is 0 Å². The van der Waals surface area contributed by atoms with Crippen LogP contribution in [0.2, 0.25) is 0 Å². The van der Waals surface area contributed by atoms with E-state index >= 15 is 0 Å². The first-order valence-electron chi connectivity index (χ1n) is 10.3. The molecule has 0 radical (unpaired) electrons. The van der Waals surface area contributed by atoms with Gasteiger partial charge >= 0.3 is 0 Å². The minimum absolute atomic E-state index is 0.0639. The van der Waals surface area contributed by atoms with E-state index in [1.807, 2.05) is 12.1 Å². The molecule has 3 aromatic rings. The lowest BCUT2D eigenvalue weighted by Crippen LogP contribution is -2.44. The molecular formula is C23H28N4O4. The predicted molar refractivity (Wildman–Crippen MR) is 119 cm³/mol. The molecule has 2 heterocycles. The fraction of sp³-hybridized carbons (Fsp3) is 0.348. The summed E-state index contributed by atoms with van der Waals surface area (Å²) in [5.41, 5.74) is 9.37. The molecule has 31 heavy (non-hydrogen) atoms. The van der Waals surface area contributed by atoms with Crippen LogP contribution in [0.4, 0.5) is 0 Å². The van der Waals surface area contributed by atoms with Gasteiger partial charge in [-0.1, -0.05) is 0 Å². The van der Waals surface area contributed by atoms with Crippen LogP contribution in [-0.4, -0.2) is 38.0 Å². The number of aromatic nitrogens is 1. The molecule has 8 nitrogen and oxygen atoms in total. The molecule has 4 rings (SSSR count). The maximum Gasteiger partial charge on any atom is 0.252 e. The molecule has 0 bridgehead atoms. The molecule has 2 aromatic carbocycles. The van der Waals surface area contributed by atoms with Crippen molar-refractivity contribution in [1.82, 2.24) is 20.7 Å². The number of carbonyl (C=O) groups excluding carboxylic acids is 1. The highest BCUT2D eigenvalue weighted by Gasteiger charge is 2.29. The Labute approximate surface area is 181 Å². The van der Waals surface area contributed by atoms with Crippen LogP contribution in [0.3, 0.4) is 0 Å². The van der Waals surface area contributed by atoms with E-state index in [0.29, 0.717) is 23.5 Å². The monoisotopic (exact) mass is 424 g/mol. The zero-order valence-corrected chi connectivity index (χ0v) is 18.2. The van der Waals surface area contributed by atoms with Crippen LogP contribution < -0.4 is 30.4 Å². The lowest BCUT2D eigenvalue weighted by Gasteiger charge is -2.15. The summed E-state index contributed by atoms with van der Waals surface area (Å²) in [6.45, 7) is 2.98. The number of amides is 1. The number of hydrazine groups is 1. The van der Waals surface area contributed by atoms with Crippen LogP contribution in [0.1, 0.15) is 35.4 Å². The Morgan fingerprint density at radius 2 is 1.84 bits per heavy atom. The van der Waals surface area contributed by atoms with Crippen LogP contribution >= 0.6 is 0 Å². The van der Waals surface area contributed by atoms with E-state index in [9.17, 15) is 4.79 Å². The fourth-order valence-corrected chi connectivity index (χ4v) is 4.10. The van der Waals surface area contributed by atoms with Crippen LogP contribution in [0.5, 0.6) is 17.2 Å². The van der Waals surface area contributed by atoms with Crippen LogP contribution in [0.15, 0.2) is 42.5 Å². The number of nitrogens with one attached hydrogen (secondary N) is 3. The summed E-state index contributed by atoms with van der Waals surface area (Å²) in [6.07, 6.45) is 0.510. The first-order chi connectivity index (χ1) is 15.1. The predicted octanol–water partition coefficient (Wildman–Crippen LogP) is 2.98. The van der Waals surface area contributed by atoms with Crippen molar-refractivity contribution in [2.75, 3.05) is 21.3 Å². The number of nitrogens with zero attached hydrogens (tertiary/aromatic N) is 1. The highest BCUT2D eigenvalue weighted by Crippen LogP contribution is 2.31. The molecule has 0 spiro atoms. The smallest absolute Gasteiger partial charge is 0.252 e. The van der Waals surface area contributed by atoms with E-state index in [0.717, 1.165) is 23.2 Å². The Bertz CT molecular complexity index is 1090. The van der Waals surface area contributed by atoms with Gasteiger partial charge in [-0.25, -0.2) is 10.9 Å². The van der Waals surface area contributed by atoms with Gasteiger partial charge in [-0.3, -0.25) is 4.79 Å². The topological polar surface area (TPSA) is 85.8 Å². The molecular weight excluding hydrogens is 396 g/mol. The lowest BCUT2D eigenvalue weighted by molar-refractivity contribution is 0.0932. The Morgan fingerprint density at radius 1 is 1.03 bits per heavy atom. The third-order valence-corrected chi connectivity index (χ3v) is 5.67. The molecule has 1 aromatic heterocycles. The van der Waals surface area contributed by atoms with Gasteiger partial charge in [0, 0.05) is 35.1 Å². The van der Waals surface area contributed by atoms with Crippen LogP contribution in [-0.2, 0) is 6.54 Å². The molecule has 0 saturated carbocycles. The molecule has 1 aliphatic rings. The number of carbonyl (C=O) groups is 1. The van der Waals surface area contributed by atoms with E-state index in [1.165, 1.54) is 5.69 Å². The second-order valence-corrected chi connectivity index (χ2v) is 7.41. The molecule has 3 N–H and O–H groups in total. The van der Waals surface area contributed by atoms with Crippen LogP contribution in [0.25, 0.3) is 10.9 Å². The highest BCUT2D eigenvalue weighted by atomic mass is 16.5. The molecule has 2 atom stereocenters. The third-order valence-electron chi connectivity index (χ3n) is 5.67. The summed E-state index contributed by atoms with van der Waals surface area (Å²) >= 11 is 0. The summed E-state index contributed by atoms with van der Waals surface area (Å²) in [6, 6.07) is 13.5. The van der Waals surface area contributed by atoms with Gasteiger partial charge in [0.2, 0.25) is 0 Å². The number of aryl methyl sites for hydroxylation is 1. The Kier molecular flexibility index (Phi) is 6.01. The first-order valence-corrected chi connectivity index (χ1v) is 10.3. The standard InChI is InChI=1S/C23H28N4O4/c1-5-27-18-8-7-16(29-2)10-15(18)11-19(27)17-13-22(26-25-17)24-23(28)14-6-9-20(30-3)21(12-14)31-4/h6-12,17,22,25-26H,5,13H2,1-4H3,(H,24,28). The first kappa shape index (κ1) is 21.0. The van der Waals surface area contributed by atoms with E-state index < -0.39 is 0 Å². The molecule has 1 fully saturated rings. The van der Waals surface area contributed by atoms with Gasteiger partial charge in [0.15, 0.2) is 11.5 Å². The molecule has 8 heteroatoms. The van der Waals surface area contributed by atoms with Gasteiger partial charge in [0.25, 0.3) is 5.91 Å². The van der Waals surface area contributed by atoms with Crippen molar-refractivity contribution in [1.29, 1.82) is 0 Å². The summed E-state index contributed by atoms with van der Waals surface area (Å²) in [5.74, 6) is 1.77. The molecule has 164 valence electrons. The maximum absolute atomic E-state index is 12.8. The minimum Gasteiger partial charge on any atom is -0.497 e. The Morgan fingerprint density at radius 3 is 2.55 bits per heavy atom. The molecule has 0 aliphatic carbocycles. The highest BCUT2D eigenvalue weighted by molar-refractivity contribution is 5.95. The van der Waals surface area contributed by atoms with Crippen molar-refractivity contribution >= 4 is 16.8 Å². The average molecular weight is 425 g/mol. The van der Waals surface area contributed by atoms with E-state index in [4.69, 9.17) is 14.2 Å². The summed E-state index contributed by atoms with van der Waals surface area (Å²) in [7, 11) is 4.79. The molecule has 1 aliphatic heterocycles. The van der Waals surface area contributed by atoms with Crippen molar-refractivity contribution in [3.63, 3.8) is 0 Å². The van der Waals surface area contributed by atoms with Gasteiger partial charge in [-0.05, 0) is 49.4 Å². The van der Waals surface area contributed by atoms with Gasteiger partial charge < -0.3 is 24.1 Å². The van der Waals surface area contributed by atoms with Crippen molar-refractivity contribution < 1.29 is 19.0 Å². The minimum atomic E-state index is -0.205. The number of ether oxygens (including phenoxy) is 3. The number of hydrogen-bond acceptors (Lipinski definition) is 6. The fourth-order valence-electron chi connectivity index (χ4n) is 4.10.